The lowest BCUT2D eigenvalue weighted by molar-refractivity contribution is -0.147. The topological polar surface area (TPSA) is 26.0 Å². The molecule has 2 N–H and O–H groups in total. The molecule has 0 aliphatic carbocycles. The summed E-state index contributed by atoms with van der Waals surface area (Å²) in [6.45, 7) is 0. The van der Waals surface area contributed by atoms with Crippen LogP contribution in [-0.2, 0) is 6.42 Å². The highest BCUT2D eigenvalue weighted by Crippen LogP contribution is 2.21. The molecule has 1 rings (SSSR count). The Morgan fingerprint density at radius 3 is 2.14 bits per heavy atom. The highest BCUT2D eigenvalue weighted by atomic mass is 35.5. The van der Waals surface area contributed by atoms with Crippen molar-refractivity contribution in [3.8, 4) is 0 Å². The molecular formula is C9H9ClF3N. The normalized spacial score (nSPS) is 14.1. The van der Waals surface area contributed by atoms with E-state index in [1.165, 1.54) is 12.1 Å². The second-order valence-corrected chi connectivity index (χ2v) is 3.42. The molecule has 0 bridgehead atoms. The van der Waals surface area contributed by atoms with Crippen molar-refractivity contribution in [2.45, 2.75) is 18.6 Å². The molecule has 0 amide bonds. The van der Waals surface area contributed by atoms with E-state index in [1.807, 2.05) is 0 Å². The molecule has 0 saturated carbocycles. The van der Waals surface area contributed by atoms with Crippen molar-refractivity contribution in [2.24, 2.45) is 5.73 Å². The molecule has 14 heavy (non-hydrogen) atoms. The molecule has 0 aliphatic rings. The summed E-state index contributed by atoms with van der Waals surface area (Å²) in [6, 6.07) is 4.34. The molecule has 1 aromatic carbocycles. The zero-order chi connectivity index (χ0) is 10.8. The van der Waals surface area contributed by atoms with Crippen LogP contribution in [0.4, 0.5) is 13.2 Å². The third kappa shape index (κ3) is 3.20. The van der Waals surface area contributed by atoms with Gasteiger partial charge in [0.15, 0.2) is 0 Å². The minimum absolute atomic E-state index is 0.222. The van der Waals surface area contributed by atoms with Crippen LogP contribution in [0.15, 0.2) is 24.3 Å². The maximum absolute atomic E-state index is 12.1. The summed E-state index contributed by atoms with van der Waals surface area (Å²) in [5, 5.41) is 0.495. The number of hydrogen-bond acceptors (Lipinski definition) is 1. The molecule has 0 heterocycles. The van der Waals surface area contributed by atoms with Gasteiger partial charge >= 0.3 is 6.18 Å². The van der Waals surface area contributed by atoms with E-state index in [4.69, 9.17) is 17.3 Å². The van der Waals surface area contributed by atoms with Gasteiger partial charge in [-0.1, -0.05) is 23.7 Å². The number of alkyl halides is 3. The van der Waals surface area contributed by atoms with Crippen molar-refractivity contribution in [2.75, 3.05) is 0 Å². The molecule has 0 saturated heterocycles. The van der Waals surface area contributed by atoms with E-state index < -0.39 is 12.2 Å². The Morgan fingerprint density at radius 1 is 1.21 bits per heavy atom. The van der Waals surface area contributed by atoms with Crippen LogP contribution < -0.4 is 5.73 Å². The van der Waals surface area contributed by atoms with Crippen molar-refractivity contribution in [1.29, 1.82) is 0 Å². The lowest BCUT2D eigenvalue weighted by Gasteiger charge is -2.15. The van der Waals surface area contributed by atoms with Crippen molar-refractivity contribution < 1.29 is 13.2 Å². The summed E-state index contributed by atoms with van der Waals surface area (Å²) >= 11 is 5.58. The molecule has 1 aromatic rings. The molecule has 1 nitrogen and oxygen atoms in total. The first-order valence-electron chi connectivity index (χ1n) is 3.96. The van der Waals surface area contributed by atoms with E-state index >= 15 is 0 Å². The molecule has 0 unspecified atom stereocenters. The van der Waals surface area contributed by atoms with Gasteiger partial charge in [-0.05, 0) is 24.1 Å². The number of rotatable bonds is 2. The zero-order valence-electron chi connectivity index (χ0n) is 7.18. The monoisotopic (exact) mass is 223 g/mol. The third-order valence-corrected chi connectivity index (χ3v) is 2.04. The highest BCUT2D eigenvalue weighted by molar-refractivity contribution is 6.30. The van der Waals surface area contributed by atoms with E-state index in [0.717, 1.165) is 0 Å². The van der Waals surface area contributed by atoms with Gasteiger partial charge in [-0.25, -0.2) is 0 Å². The van der Waals surface area contributed by atoms with Gasteiger partial charge < -0.3 is 5.73 Å². The van der Waals surface area contributed by atoms with Crippen LogP contribution in [0.25, 0.3) is 0 Å². The summed E-state index contributed by atoms with van der Waals surface area (Å²) in [6.07, 6.45) is -4.57. The van der Waals surface area contributed by atoms with E-state index in [9.17, 15) is 13.2 Å². The summed E-state index contributed by atoms with van der Waals surface area (Å²) in [7, 11) is 0. The van der Waals surface area contributed by atoms with Crippen LogP contribution in [-0.4, -0.2) is 12.2 Å². The number of halogens is 4. The molecule has 5 heteroatoms. The summed E-state index contributed by atoms with van der Waals surface area (Å²) in [5.41, 5.74) is 5.49. The lowest BCUT2D eigenvalue weighted by atomic mass is 10.1. The predicted molar refractivity (Wildman–Crippen MR) is 49.2 cm³/mol. The van der Waals surface area contributed by atoms with Crippen molar-refractivity contribution in [3.63, 3.8) is 0 Å². The van der Waals surface area contributed by atoms with E-state index in [-0.39, 0.29) is 6.42 Å². The fourth-order valence-electron chi connectivity index (χ4n) is 0.990. The van der Waals surface area contributed by atoms with Crippen molar-refractivity contribution >= 4 is 11.6 Å². The first kappa shape index (κ1) is 11.3. The first-order valence-corrected chi connectivity index (χ1v) is 4.34. The minimum atomic E-state index is -4.35. The standard InChI is InChI=1S/C9H9ClF3N/c10-7-3-1-6(2-4-7)5-8(14)9(11,12)13/h1-4,8H,5,14H2/t8-/m1/s1. The Kier molecular flexibility index (Phi) is 3.39. The molecule has 0 spiro atoms. The number of nitrogens with two attached hydrogens (primary N) is 1. The quantitative estimate of drug-likeness (QED) is 0.820. The van der Waals surface area contributed by atoms with E-state index in [1.54, 1.807) is 12.1 Å². The van der Waals surface area contributed by atoms with Crippen LogP contribution in [0.1, 0.15) is 5.56 Å². The van der Waals surface area contributed by atoms with Gasteiger partial charge in [0.05, 0.1) is 0 Å². The van der Waals surface area contributed by atoms with Crippen molar-refractivity contribution in [1.82, 2.24) is 0 Å². The average Bonchev–Trinajstić information content (AvgIpc) is 2.07. The van der Waals surface area contributed by atoms with Gasteiger partial charge in [0.1, 0.15) is 6.04 Å². The summed E-state index contributed by atoms with van der Waals surface area (Å²) in [5.74, 6) is 0. The van der Waals surface area contributed by atoms with Gasteiger partial charge in [0, 0.05) is 5.02 Å². The molecule has 0 fully saturated rings. The summed E-state index contributed by atoms with van der Waals surface area (Å²) in [4.78, 5) is 0. The maximum Gasteiger partial charge on any atom is 0.403 e. The van der Waals surface area contributed by atoms with Crippen LogP contribution in [0.5, 0.6) is 0 Å². The molecular weight excluding hydrogens is 215 g/mol. The second kappa shape index (κ2) is 4.19. The third-order valence-electron chi connectivity index (χ3n) is 1.79. The Bertz CT molecular complexity index is 294. The van der Waals surface area contributed by atoms with E-state index in [2.05, 4.69) is 0 Å². The second-order valence-electron chi connectivity index (χ2n) is 2.98. The van der Waals surface area contributed by atoms with Gasteiger partial charge in [0.25, 0.3) is 0 Å². The first-order chi connectivity index (χ1) is 6.39. The van der Waals surface area contributed by atoms with Gasteiger partial charge in [-0.2, -0.15) is 13.2 Å². The maximum atomic E-state index is 12.1. The van der Waals surface area contributed by atoms with Gasteiger partial charge in [-0.3, -0.25) is 0 Å². The SMILES string of the molecule is N[C@H](Cc1ccc(Cl)cc1)C(F)(F)F. The van der Waals surface area contributed by atoms with Crippen molar-refractivity contribution in [3.05, 3.63) is 34.9 Å². The van der Waals surface area contributed by atoms with Gasteiger partial charge in [0.2, 0.25) is 0 Å². The summed E-state index contributed by atoms with van der Waals surface area (Å²) < 4.78 is 36.2. The zero-order valence-corrected chi connectivity index (χ0v) is 7.94. The highest BCUT2D eigenvalue weighted by Gasteiger charge is 2.36. The average molecular weight is 224 g/mol. The van der Waals surface area contributed by atoms with Gasteiger partial charge in [-0.15, -0.1) is 0 Å². The smallest absolute Gasteiger partial charge is 0.320 e. The minimum Gasteiger partial charge on any atom is -0.320 e. The Hall–Kier alpha value is -0.740. The molecule has 0 aliphatic heterocycles. The molecule has 1 atom stereocenters. The Labute approximate surface area is 84.7 Å². The van der Waals surface area contributed by atoms with Crippen LogP contribution >= 0.6 is 11.6 Å². The number of hydrogen-bond donors (Lipinski definition) is 1. The Balaban J connectivity index is 2.65. The largest absolute Gasteiger partial charge is 0.403 e. The predicted octanol–water partition coefficient (Wildman–Crippen LogP) is 2.77. The molecule has 0 radical (unpaired) electrons. The Morgan fingerprint density at radius 2 is 1.71 bits per heavy atom. The van der Waals surface area contributed by atoms with Crippen LogP contribution in [0, 0.1) is 0 Å². The van der Waals surface area contributed by atoms with Crippen LogP contribution in [0.2, 0.25) is 5.02 Å². The molecule has 0 aromatic heterocycles. The fourth-order valence-corrected chi connectivity index (χ4v) is 1.12. The van der Waals surface area contributed by atoms with Crippen LogP contribution in [0.3, 0.4) is 0 Å². The lowest BCUT2D eigenvalue weighted by Crippen LogP contribution is -2.39. The fraction of sp³-hybridized carbons (Fsp3) is 0.333. The molecule has 78 valence electrons. The number of benzene rings is 1. The van der Waals surface area contributed by atoms with E-state index in [0.29, 0.717) is 10.6 Å².